The van der Waals surface area contributed by atoms with Gasteiger partial charge in [0.2, 0.25) is 0 Å². The van der Waals surface area contributed by atoms with Crippen LogP contribution in [0.2, 0.25) is 0 Å². The van der Waals surface area contributed by atoms with Gasteiger partial charge in [0, 0.05) is 0 Å². The van der Waals surface area contributed by atoms with Crippen LogP contribution in [0.3, 0.4) is 0 Å². The summed E-state index contributed by atoms with van der Waals surface area (Å²) in [6.07, 6.45) is 0. The molecule has 0 radical (unpaired) electrons. The zero-order valence-electron chi connectivity index (χ0n) is 1.71. The standard InChI is InChI=1S/3ClH.Ga/h3*1H;/q;;;+3/p-3/i;;;1-4. The van der Waals surface area contributed by atoms with E-state index in [9.17, 15) is 0 Å². The Morgan fingerprint density at radius 3 is 0.500 bits per heavy atom. The van der Waals surface area contributed by atoms with Crippen molar-refractivity contribution in [3.8, 4) is 0 Å². The molecule has 0 aromatic rings. The maximum absolute atomic E-state index is 0. The van der Waals surface area contributed by atoms with Crippen LogP contribution in [0.25, 0.3) is 0 Å². The quantitative estimate of drug-likeness (QED) is 0.318. The molecule has 0 unspecified atom stereocenters. The summed E-state index contributed by atoms with van der Waals surface area (Å²) in [5, 5.41) is 0. The van der Waals surface area contributed by atoms with Crippen molar-refractivity contribution >= 4 is 19.8 Å². The van der Waals surface area contributed by atoms with Crippen molar-refractivity contribution < 1.29 is 37.2 Å². The maximum atomic E-state index is 0. The van der Waals surface area contributed by atoms with Gasteiger partial charge in [0.25, 0.3) is 0 Å². The Hall–Kier alpha value is 1.51. The van der Waals surface area contributed by atoms with Gasteiger partial charge >= 0.3 is 19.8 Å². The summed E-state index contributed by atoms with van der Waals surface area (Å²) < 4.78 is 0. The van der Waals surface area contributed by atoms with Crippen LogP contribution >= 0.6 is 0 Å². The Kier molecular flexibility index (Phi) is 301. The van der Waals surface area contributed by atoms with Crippen LogP contribution in [0.1, 0.15) is 0 Å². The van der Waals surface area contributed by atoms with Crippen molar-refractivity contribution in [1.82, 2.24) is 0 Å². The first-order chi connectivity index (χ1) is 0. The molecule has 0 aliphatic carbocycles. The summed E-state index contributed by atoms with van der Waals surface area (Å²) in [6.45, 7) is 0. The van der Waals surface area contributed by atoms with E-state index in [1.54, 1.807) is 0 Å². The molecule has 0 bridgehead atoms. The number of rotatable bonds is 0. The van der Waals surface area contributed by atoms with Crippen LogP contribution in [-0.4, -0.2) is 19.8 Å². The molecule has 0 saturated heterocycles. The van der Waals surface area contributed by atoms with Crippen molar-refractivity contribution in [2.75, 3.05) is 0 Å². The van der Waals surface area contributed by atoms with Gasteiger partial charge in [-0.05, 0) is 0 Å². The maximum Gasteiger partial charge on any atom is 3.00 e. The van der Waals surface area contributed by atoms with Crippen molar-refractivity contribution in [2.45, 2.75) is 0 Å². The Morgan fingerprint density at radius 1 is 0.500 bits per heavy atom. The molecule has 0 rings (SSSR count). The monoisotopic (exact) mass is 171 g/mol. The summed E-state index contributed by atoms with van der Waals surface area (Å²) in [5.41, 5.74) is 0. The van der Waals surface area contributed by atoms with E-state index in [1.165, 1.54) is 0 Å². The second-order valence-corrected chi connectivity index (χ2v) is 0. The van der Waals surface area contributed by atoms with Gasteiger partial charge in [0.15, 0.2) is 0 Å². The van der Waals surface area contributed by atoms with E-state index in [-0.39, 0.29) is 57.0 Å². The molecule has 0 N–H and O–H groups in total. The van der Waals surface area contributed by atoms with Crippen LogP contribution < -0.4 is 37.2 Å². The normalized spacial score (nSPS) is 0. The fourth-order valence-electron chi connectivity index (χ4n) is 0. The number of halogens is 3. The van der Waals surface area contributed by atoms with Gasteiger partial charge in [0.1, 0.15) is 0 Å². The van der Waals surface area contributed by atoms with Gasteiger partial charge in [-0.25, -0.2) is 0 Å². The van der Waals surface area contributed by atoms with Gasteiger partial charge in [-0.15, -0.1) is 0 Å². The fourth-order valence-corrected chi connectivity index (χ4v) is 0. The number of hydrogen-bond acceptors (Lipinski definition) is 0. The van der Waals surface area contributed by atoms with E-state index in [0.717, 1.165) is 0 Å². The van der Waals surface area contributed by atoms with Crippen molar-refractivity contribution in [1.29, 1.82) is 0 Å². The molecule has 0 nitrogen and oxygen atoms in total. The number of hydrogen-bond donors (Lipinski definition) is 0. The predicted molar refractivity (Wildman–Crippen MR) is 5.75 cm³/mol. The zero-order valence-corrected chi connectivity index (χ0v) is 6.40. The third-order valence-corrected chi connectivity index (χ3v) is 0. The SMILES string of the molecule is [66Ga+3].[Cl-].[Cl-].[Cl-]. The van der Waals surface area contributed by atoms with E-state index < -0.39 is 0 Å². The van der Waals surface area contributed by atoms with Gasteiger partial charge in [0.05, 0.1) is 0 Å². The van der Waals surface area contributed by atoms with E-state index in [0.29, 0.717) is 0 Å². The Morgan fingerprint density at radius 2 is 0.500 bits per heavy atom. The van der Waals surface area contributed by atoms with E-state index >= 15 is 0 Å². The Labute approximate surface area is 57.0 Å². The average Bonchev–Trinajstić information content (AvgIpc) is 0. The molecule has 0 aliphatic heterocycles. The first-order valence-corrected chi connectivity index (χ1v) is 0. The summed E-state index contributed by atoms with van der Waals surface area (Å²) >= 11 is 0. The summed E-state index contributed by atoms with van der Waals surface area (Å²) in [5.74, 6) is 0. The second-order valence-electron chi connectivity index (χ2n) is 0. The van der Waals surface area contributed by atoms with Crippen LogP contribution in [0.5, 0.6) is 0 Å². The molecule has 0 heterocycles. The topological polar surface area (TPSA) is 0 Å². The molecular formula is Cl3Ga. The minimum Gasteiger partial charge on any atom is -1.00 e. The third-order valence-electron chi connectivity index (χ3n) is 0. The molecule has 0 saturated carbocycles. The van der Waals surface area contributed by atoms with E-state index in [2.05, 4.69) is 0 Å². The first kappa shape index (κ1) is 49.3. The molecule has 0 aliphatic rings. The van der Waals surface area contributed by atoms with Gasteiger partial charge in [-0.1, -0.05) is 0 Å². The second kappa shape index (κ2) is 24.4. The van der Waals surface area contributed by atoms with Crippen LogP contribution in [-0.2, 0) is 0 Å². The predicted octanol–water partition coefficient (Wildman–Crippen LogP) is -9.37. The molecule has 0 aromatic carbocycles. The molecular weight excluding hydrogens is 172 g/mol. The largest absolute Gasteiger partial charge is 3.00 e. The molecule has 0 atom stereocenters. The zero-order chi connectivity index (χ0) is 0. The summed E-state index contributed by atoms with van der Waals surface area (Å²) in [4.78, 5) is 0. The van der Waals surface area contributed by atoms with Gasteiger partial charge in [-0.3, -0.25) is 0 Å². The Bertz CT molecular complexity index is 3.25. The fraction of sp³-hybridized carbons (Fsp3) is 0. The van der Waals surface area contributed by atoms with Crippen molar-refractivity contribution in [2.24, 2.45) is 0 Å². The van der Waals surface area contributed by atoms with E-state index in [1.807, 2.05) is 0 Å². The molecule has 24 valence electrons. The minimum atomic E-state index is 0. The summed E-state index contributed by atoms with van der Waals surface area (Å²) in [7, 11) is 0. The molecule has 0 amide bonds. The molecule has 0 aromatic heterocycles. The van der Waals surface area contributed by atoms with E-state index in [4.69, 9.17) is 0 Å². The van der Waals surface area contributed by atoms with Crippen LogP contribution in [0, 0.1) is 0 Å². The van der Waals surface area contributed by atoms with Crippen LogP contribution in [0.4, 0.5) is 0 Å². The first-order valence-electron chi connectivity index (χ1n) is 0. The minimum absolute atomic E-state index is 0. The van der Waals surface area contributed by atoms with Crippen molar-refractivity contribution in [3.05, 3.63) is 0 Å². The molecule has 0 spiro atoms. The molecule has 4 heavy (non-hydrogen) atoms. The van der Waals surface area contributed by atoms with Crippen LogP contribution in [0.15, 0.2) is 0 Å². The smallest absolute Gasteiger partial charge is 1.00 e. The Balaban J connectivity index is 0. The van der Waals surface area contributed by atoms with Gasteiger partial charge < -0.3 is 37.2 Å². The van der Waals surface area contributed by atoms with Gasteiger partial charge in [-0.2, -0.15) is 0 Å². The van der Waals surface area contributed by atoms with Crippen molar-refractivity contribution in [3.63, 3.8) is 0 Å². The summed E-state index contributed by atoms with van der Waals surface area (Å²) in [6, 6.07) is 0. The molecule has 0 fully saturated rings. The third kappa shape index (κ3) is 9.71. The molecule has 4 heteroatoms. The average molecular weight is 172 g/mol.